The van der Waals surface area contributed by atoms with E-state index in [0.29, 0.717) is 5.56 Å². The fourth-order valence-electron chi connectivity index (χ4n) is 3.28. The Balaban J connectivity index is 1.96. The highest BCUT2D eigenvalue weighted by Gasteiger charge is 2.35. The molecule has 3 rings (SSSR count). The SMILES string of the molecule is COC(=O)C1CCc2c1sc(C)c2C(=O)c1ccc(N(C)C)cc1. The number of carbonyl (C=O) groups is 2. The molecular weight excluding hydrogens is 322 g/mol. The molecule has 1 heterocycles. The zero-order chi connectivity index (χ0) is 17.4. The summed E-state index contributed by atoms with van der Waals surface area (Å²) >= 11 is 1.56. The van der Waals surface area contributed by atoms with Gasteiger partial charge < -0.3 is 9.64 Å². The third-order valence-corrected chi connectivity index (χ3v) is 5.83. The molecule has 24 heavy (non-hydrogen) atoms. The van der Waals surface area contributed by atoms with E-state index in [1.165, 1.54) is 7.11 Å². The topological polar surface area (TPSA) is 46.6 Å². The predicted octanol–water partition coefficient (Wildman–Crippen LogP) is 3.56. The van der Waals surface area contributed by atoms with E-state index in [1.807, 2.05) is 50.2 Å². The Bertz CT molecular complexity index is 790. The first-order chi connectivity index (χ1) is 11.4. The van der Waals surface area contributed by atoms with Gasteiger partial charge in [0.2, 0.25) is 0 Å². The highest BCUT2D eigenvalue weighted by molar-refractivity contribution is 7.12. The number of methoxy groups -OCH3 is 1. The van der Waals surface area contributed by atoms with Crippen LogP contribution in [0.2, 0.25) is 0 Å². The summed E-state index contributed by atoms with van der Waals surface area (Å²) in [6.07, 6.45) is 1.49. The van der Waals surface area contributed by atoms with Crippen molar-refractivity contribution >= 4 is 28.8 Å². The summed E-state index contributed by atoms with van der Waals surface area (Å²) in [6, 6.07) is 7.64. The second kappa shape index (κ2) is 6.40. The van der Waals surface area contributed by atoms with Gasteiger partial charge in [0.25, 0.3) is 0 Å². The van der Waals surface area contributed by atoms with Crippen LogP contribution in [0.4, 0.5) is 5.69 Å². The number of nitrogens with zero attached hydrogens (tertiary/aromatic N) is 1. The summed E-state index contributed by atoms with van der Waals surface area (Å²) in [6.45, 7) is 1.96. The Hall–Kier alpha value is -2.14. The van der Waals surface area contributed by atoms with Gasteiger partial charge in [-0.3, -0.25) is 9.59 Å². The highest BCUT2D eigenvalue weighted by Crippen LogP contribution is 2.43. The molecule has 0 saturated heterocycles. The van der Waals surface area contributed by atoms with Crippen LogP contribution in [0, 0.1) is 6.92 Å². The first-order valence-electron chi connectivity index (χ1n) is 7.96. The highest BCUT2D eigenvalue weighted by atomic mass is 32.1. The molecule has 1 aliphatic rings. The van der Waals surface area contributed by atoms with E-state index < -0.39 is 0 Å². The van der Waals surface area contributed by atoms with E-state index in [4.69, 9.17) is 4.74 Å². The Kier molecular flexibility index (Phi) is 4.45. The standard InChI is InChI=1S/C19H21NO3S/c1-11-16(14-9-10-15(18(14)24-11)19(22)23-4)17(21)12-5-7-13(8-6-12)20(2)3/h5-8,15H,9-10H2,1-4H3. The van der Waals surface area contributed by atoms with E-state index in [0.717, 1.165) is 39.4 Å². The lowest BCUT2D eigenvalue weighted by atomic mass is 9.99. The van der Waals surface area contributed by atoms with Crippen molar-refractivity contribution < 1.29 is 14.3 Å². The van der Waals surface area contributed by atoms with Gasteiger partial charge in [-0.05, 0) is 49.6 Å². The third kappa shape index (κ3) is 2.73. The largest absolute Gasteiger partial charge is 0.469 e. The number of hydrogen-bond donors (Lipinski definition) is 0. The lowest BCUT2D eigenvalue weighted by molar-refractivity contribution is -0.142. The van der Waals surface area contributed by atoms with E-state index in [-0.39, 0.29) is 17.7 Å². The van der Waals surface area contributed by atoms with Gasteiger partial charge in [0, 0.05) is 40.7 Å². The molecule has 2 aromatic rings. The molecule has 0 N–H and O–H groups in total. The van der Waals surface area contributed by atoms with Gasteiger partial charge in [0.1, 0.15) is 0 Å². The van der Waals surface area contributed by atoms with Crippen molar-refractivity contribution in [2.45, 2.75) is 25.7 Å². The van der Waals surface area contributed by atoms with Crippen molar-refractivity contribution in [1.29, 1.82) is 0 Å². The van der Waals surface area contributed by atoms with Gasteiger partial charge in [-0.15, -0.1) is 11.3 Å². The number of esters is 1. The fourth-order valence-corrected chi connectivity index (χ4v) is 4.61. The van der Waals surface area contributed by atoms with E-state index in [2.05, 4.69) is 0 Å². The molecule has 0 aliphatic heterocycles. The summed E-state index contributed by atoms with van der Waals surface area (Å²) in [4.78, 5) is 28.9. The average molecular weight is 343 g/mol. The zero-order valence-electron chi connectivity index (χ0n) is 14.4. The molecule has 1 aromatic heterocycles. The molecule has 0 bridgehead atoms. The third-order valence-electron chi connectivity index (χ3n) is 4.57. The predicted molar refractivity (Wildman–Crippen MR) is 96.3 cm³/mol. The number of benzene rings is 1. The summed E-state index contributed by atoms with van der Waals surface area (Å²) in [7, 11) is 5.36. The van der Waals surface area contributed by atoms with Crippen LogP contribution in [0.15, 0.2) is 24.3 Å². The maximum absolute atomic E-state index is 13.0. The van der Waals surface area contributed by atoms with Gasteiger partial charge in [-0.2, -0.15) is 0 Å². The lowest BCUT2D eigenvalue weighted by Gasteiger charge is -2.12. The zero-order valence-corrected chi connectivity index (χ0v) is 15.2. The normalized spacial score (nSPS) is 15.9. The first kappa shape index (κ1) is 16.7. The minimum Gasteiger partial charge on any atom is -0.469 e. The van der Waals surface area contributed by atoms with Crippen molar-refractivity contribution in [3.63, 3.8) is 0 Å². The molecule has 0 radical (unpaired) electrons. The lowest BCUT2D eigenvalue weighted by Crippen LogP contribution is -2.10. The van der Waals surface area contributed by atoms with Crippen LogP contribution in [-0.4, -0.2) is 33.0 Å². The van der Waals surface area contributed by atoms with E-state index in [1.54, 1.807) is 11.3 Å². The number of fused-ring (bicyclic) bond motifs is 1. The molecule has 4 nitrogen and oxygen atoms in total. The molecule has 126 valence electrons. The number of ketones is 1. The molecule has 5 heteroatoms. The number of hydrogen-bond acceptors (Lipinski definition) is 5. The number of thiophene rings is 1. The van der Waals surface area contributed by atoms with Crippen LogP contribution in [0.3, 0.4) is 0 Å². The Morgan fingerprint density at radius 2 is 1.88 bits per heavy atom. The van der Waals surface area contributed by atoms with Crippen LogP contribution < -0.4 is 4.90 Å². The molecule has 0 spiro atoms. The quantitative estimate of drug-likeness (QED) is 0.629. The molecule has 1 aromatic carbocycles. The maximum Gasteiger partial charge on any atom is 0.313 e. The summed E-state index contributed by atoms with van der Waals surface area (Å²) in [5.74, 6) is -0.378. The van der Waals surface area contributed by atoms with Crippen LogP contribution in [0.5, 0.6) is 0 Å². The maximum atomic E-state index is 13.0. The van der Waals surface area contributed by atoms with Gasteiger partial charge in [0.15, 0.2) is 5.78 Å². The van der Waals surface area contributed by atoms with Crippen LogP contribution >= 0.6 is 11.3 Å². The summed E-state index contributed by atoms with van der Waals surface area (Å²) in [5, 5.41) is 0. The second-order valence-electron chi connectivity index (χ2n) is 6.26. The van der Waals surface area contributed by atoms with Crippen molar-refractivity contribution in [2.75, 3.05) is 26.1 Å². The minimum absolute atomic E-state index is 0.0424. The van der Waals surface area contributed by atoms with E-state index in [9.17, 15) is 9.59 Å². The van der Waals surface area contributed by atoms with E-state index >= 15 is 0 Å². The minimum atomic E-state index is -0.216. The van der Waals surface area contributed by atoms with Crippen molar-refractivity contribution in [3.8, 4) is 0 Å². The fraction of sp³-hybridized carbons (Fsp3) is 0.368. The molecule has 0 saturated carbocycles. The number of rotatable bonds is 4. The molecule has 1 unspecified atom stereocenters. The van der Waals surface area contributed by atoms with Crippen LogP contribution in [-0.2, 0) is 16.0 Å². The van der Waals surface area contributed by atoms with Crippen molar-refractivity contribution in [3.05, 3.63) is 50.7 Å². The Morgan fingerprint density at radius 3 is 2.46 bits per heavy atom. The molecule has 1 aliphatic carbocycles. The Morgan fingerprint density at radius 1 is 1.21 bits per heavy atom. The average Bonchev–Trinajstić information content (AvgIpc) is 3.11. The van der Waals surface area contributed by atoms with Crippen LogP contribution in [0.1, 0.15) is 43.6 Å². The number of aryl methyl sites for hydroxylation is 1. The molecule has 1 atom stereocenters. The number of anilines is 1. The number of ether oxygens (including phenoxy) is 1. The summed E-state index contributed by atoms with van der Waals surface area (Å²) < 4.78 is 4.90. The second-order valence-corrected chi connectivity index (χ2v) is 7.52. The monoisotopic (exact) mass is 343 g/mol. The van der Waals surface area contributed by atoms with Gasteiger partial charge in [-0.1, -0.05) is 0 Å². The van der Waals surface area contributed by atoms with Gasteiger partial charge >= 0.3 is 5.97 Å². The van der Waals surface area contributed by atoms with Gasteiger partial charge in [0.05, 0.1) is 13.0 Å². The summed E-state index contributed by atoms with van der Waals surface area (Å²) in [5.41, 5.74) is 3.56. The first-order valence-corrected chi connectivity index (χ1v) is 8.77. The molecule has 0 amide bonds. The van der Waals surface area contributed by atoms with Gasteiger partial charge in [-0.25, -0.2) is 0 Å². The number of carbonyl (C=O) groups excluding carboxylic acids is 2. The van der Waals surface area contributed by atoms with Crippen molar-refractivity contribution in [2.24, 2.45) is 0 Å². The molecule has 0 fully saturated rings. The van der Waals surface area contributed by atoms with Crippen LogP contribution in [0.25, 0.3) is 0 Å². The Labute approximate surface area is 146 Å². The van der Waals surface area contributed by atoms with Crippen molar-refractivity contribution in [1.82, 2.24) is 0 Å². The molecular formula is C19H21NO3S. The smallest absolute Gasteiger partial charge is 0.313 e.